The largest absolute Gasteiger partial charge is 0.446 e. The maximum Gasteiger partial charge on any atom is 0.410 e. The van der Waals surface area contributed by atoms with Gasteiger partial charge < -0.3 is 15.4 Å². The number of nitrogens with zero attached hydrogens (tertiary/aromatic N) is 3. The molecule has 128 valence electrons. The van der Waals surface area contributed by atoms with E-state index in [1.807, 2.05) is 15.6 Å². The minimum absolute atomic E-state index is 0.00844. The number of anilines is 1. The quantitative estimate of drug-likeness (QED) is 0.909. The van der Waals surface area contributed by atoms with E-state index in [-0.39, 0.29) is 17.7 Å². The van der Waals surface area contributed by atoms with Gasteiger partial charge in [0.15, 0.2) is 0 Å². The van der Waals surface area contributed by atoms with Gasteiger partial charge in [0, 0.05) is 25.1 Å². The molecule has 23 heavy (non-hydrogen) atoms. The summed E-state index contributed by atoms with van der Waals surface area (Å²) in [5.41, 5.74) is 7.00. The standard InChI is InChI=1S/C17H28N4O2/c1-17(2,3)21-15(18)11-14(19-21)12-6-7-13(10-12)23-16(22)20-8-4-5-9-20/h11-13H,4-10,18H2,1-3H3/t12?,13-/m1/s1. The molecular weight excluding hydrogens is 292 g/mol. The molecule has 0 bridgehead atoms. The number of amides is 1. The van der Waals surface area contributed by atoms with Crippen molar-refractivity contribution in [2.24, 2.45) is 0 Å². The summed E-state index contributed by atoms with van der Waals surface area (Å²) in [4.78, 5) is 13.9. The first kappa shape index (κ1) is 16.1. The van der Waals surface area contributed by atoms with E-state index in [0.29, 0.717) is 11.7 Å². The van der Waals surface area contributed by atoms with Crippen LogP contribution in [-0.4, -0.2) is 40.0 Å². The molecule has 0 spiro atoms. The summed E-state index contributed by atoms with van der Waals surface area (Å²) < 4.78 is 7.55. The number of nitrogen functional groups attached to an aromatic ring is 1. The zero-order valence-corrected chi connectivity index (χ0v) is 14.4. The number of nitrogens with two attached hydrogens (primary N) is 1. The third-order valence-electron chi connectivity index (χ3n) is 4.83. The molecule has 0 aromatic carbocycles. The SMILES string of the molecule is CC(C)(C)n1nc(C2CC[C@@H](OC(=O)N3CCCC3)C2)cc1N. The Morgan fingerprint density at radius 1 is 1.30 bits per heavy atom. The number of hydrogen-bond acceptors (Lipinski definition) is 4. The Bertz CT molecular complexity index is 570. The fourth-order valence-electron chi connectivity index (χ4n) is 3.58. The van der Waals surface area contributed by atoms with Gasteiger partial charge in [-0.2, -0.15) is 5.10 Å². The summed E-state index contributed by atoms with van der Waals surface area (Å²) in [6.45, 7) is 7.95. The van der Waals surface area contributed by atoms with Crippen molar-refractivity contribution in [1.29, 1.82) is 0 Å². The summed E-state index contributed by atoms with van der Waals surface area (Å²) >= 11 is 0. The average molecular weight is 320 g/mol. The first-order valence-corrected chi connectivity index (χ1v) is 8.66. The van der Waals surface area contributed by atoms with Crippen LogP contribution in [0.2, 0.25) is 0 Å². The van der Waals surface area contributed by atoms with Crippen molar-refractivity contribution < 1.29 is 9.53 Å². The Morgan fingerprint density at radius 3 is 2.61 bits per heavy atom. The summed E-state index contributed by atoms with van der Waals surface area (Å²) in [7, 11) is 0. The lowest BCUT2D eigenvalue weighted by molar-refractivity contribution is 0.0709. The Labute approximate surface area is 138 Å². The van der Waals surface area contributed by atoms with E-state index in [9.17, 15) is 4.79 Å². The van der Waals surface area contributed by atoms with Gasteiger partial charge in [-0.3, -0.25) is 0 Å². The van der Waals surface area contributed by atoms with Crippen LogP contribution in [0.5, 0.6) is 0 Å². The number of likely N-dealkylation sites (tertiary alicyclic amines) is 1. The van der Waals surface area contributed by atoms with Crippen LogP contribution in [0.4, 0.5) is 10.6 Å². The fourth-order valence-corrected chi connectivity index (χ4v) is 3.58. The van der Waals surface area contributed by atoms with Gasteiger partial charge in [-0.1, -0.05) is 0 Å². The highest BCUT2D eigenvalue weighted by Gasteiger charge is 2.33. The van der Waals surface area contributed by atoms with Gasteiger partial charge in [0.1, 0.15) is 11.9 Å². The van der Waals surface area contributed by atoms with Gasteiger partial charge in [0.05, 0.1) is 11.2 Å². The molecule has 2 aliphatic rings. The van der Waals surface area contributed by atoms with Crippen molar-refractivity contribution in [2.45, 2.75) is 70.4 Å². The normalized spacial score (nSPS) is 25.1. The molecule has 3 rings (SSSR count). The Hall–Kier alpha value is -1.72. The van der Waals surface area contributed by atoms with Crippen LogP contribution < -0.4 is 5.73 Å². The molecule has 0 radical (unpaired) electrons. The number of ether oxygens (including phenoxy) is 1. The molecule has 6 nitrogen and oxygen atoms in total. The van der Waals surface area contributed by atoms with Crippen LogP contribution in [0.25, 0.3) is 0 Å². The monoisotopic (exact) mass is 320 g/mol. The maximum atomic E-state index is 12.1. The first-order chi connectivity index (χ1) is 10.8. The van der Waals surface area contributed by atoms with Crippen LogP contribution in [0.3, 0.4) is 0 Å². The van der Waals surface area contributed by atoms with Gasteiger partial charge in [0.2, 0.25) is 0 Å². The topological polar surface area (TPSA) is 73.4 Å². The lowest BCUT2D eigenvalue weighted by Gasteiger charge is -2.21. The molecule has 1 aromatic rings. The molecule has 1 aliphatic carbocycles. The summed E-state index contributed by atoms with van der Waals surface area (Å²) in [6, 6.07) is 1.97. The molecule has 1 aliphatic heterocycles. The second-order valence-corrected chi connectivity index (χ2v) is 7.79. The van der Waals surface area contributed by atoms with Crippen molar-refractivity contribution in [3.8, 4) is 0 Å². The van der Waals surface area contributed by atoms with Crippen molar-refractivity contribution >= 4 is 11.9 Å². The molecule has 2 atom stereocenters. The molecule has 1 saturated heterocycles. The van der Waals surface area contributed by atoms with Gasteiger partial charge in [-0.05, 0) is 52.9 Å². The number of carbonyl (C=O) groups excluding carboxylic acids is 1. The Morgan fingerprint density at radius 2 is 2.00 bits per heavy atom. The molecular formula is C17H28N4O2. The molecule has 2 N–H and O–H groups in total. The zero-order valence-electron chi connectivity index (χ0n) is 14.4. The second-order valence-electron chi connectivity index (χ2n) is 7.79. The summed E-state index contributed by atoms with van der Waals surface area (Å²) in [6.07, 6.45) is 4.80. The van der Waals surface area contributed by atoms with E-state index < -0.39 is 0 Å². The van der Waals surface area contributed by atoms with Gasteiger partial charge in [-0.25, -0.2) is 9.48 Å². The number of carbonyl (C=O) groups is 1. The zero-order chi connectivity index (χ0) is 16.6. The second kappa shape index (κ2) is 6.06. The van der Waals surface area contributed by atoms with E-state index >= 15 is 0 Å². The highest BCUT2D eigenvalue weighted by molar-refractivity contribution is 5.68. The predicted octanol–water partition coefficient (Wildman–Crippen LogP) is 3.09. The van der Waals surface area contributed by atoms with Crippen molar-refractivity contribution in [3.63, 3.8) is 0 Å². The smallest absolute Gasteiger partial charge is 0.410 e. The lowest BCUT2D eigenvalue weighted by atomic mass is 10.0. The first-order valence-electron chi connectivity index (χ1n) is 8.66. The molecule has 2 heterocycles. The van der Waals surface area contributed by atoms with E-state index in [1.54, 1.807) is 0 Å². The van der Waals surface area contributed by atoms with E-state index in [1.165, 1.54) is 0 Å². The number of aromatic nitrogens is 2. The van der Waals surface area contributed by atoms with Crippen molar-refractivity contribution in [2.75, 3.05) is 18.8 Å². The van der Waals surface area contributed by atoms with Crippen LogP contribution >= 0.6 is 0 Å². The number of rotatable bonds is 2. The highest BCUT2D eigenvalue weighted by Crippen LogP contribution is 2.37. The fraction of sp³-hybridized carbons (Fsp3) is 0.765. The Kier molecular flexibility index (Phi) is 4.25. The molecule has 1 amide bonds. The highest BCUT2D eigenvalue weighted by atomic mass is 16.6. The van der Waals surface area contributed by atoms with Crippen molar-refractivity contribution in [1.82, 2.24) is 14.7 Å². The minimum Gasteiger partial charge on any atom is -0.446 e. The summed E-state index contributed by atoms with van der Waals surface area (Å²) in [5.74, 6) is 1.03. The summed E-state index contributed by atoms with van der Waals surface area (Å²) in [5, 5.41) is 4.69. The third kappa shape index (κ3) is 3.46. The number of hydrogen-bond donors (Lipinski definition) is 1. The predicted molar refractivity (Wildman–Crippen MR) is 89.3 cm³/mol. The maximum absolute atomic E-state index is 12.1. The Balaban J connectivity index is 1.60. The van der Waals surface area contributed by atoms with Crippen LogP contribution in [0, 0.1) is 0 Å². The van der Waals surface area contributed by atoms with E-state index in [0.717, 1.165) is 50.9 Å². The van der Waals surface area contributed by atoms with Crippen LogP contribution in [0.15, 0.2) is 6.07 Å². The van der Waals surface area contributed by atoms with Gasteiger partial charge >= 0.3 is 6.09 Å². The van der Waals surface area contributed by atoms with Gasteiger partial charge in [0.25, 0.3) is 0 Å². The third-order valence-corrected chi connectivity index (χ3v) is 4.83. The molecule has 6 heteroatoms. The van der Waals surface area contributed by atoms with E-state index in [4.69, 9.17) is 15.6 Å². The molecule has 1 saturated carbocycles. The minimum atomic E-state index is -0.145. The average Bonchev–Trinajstić information content (AvgIpc) is 3.15. The molecule has 1 aromatic heterocycles. The molecule has 2 fully saturated rings. The van der Waals surface area contributed by atoms with Gasteiger partial charge in [-0.15, -0.1) is 0 Å². The van der Waals surface area contributed by atoms with Crippen molar-refractivity contribution in [3.05, 3.63) is 11.8 Å². The van der Waals surface area contributed by atoms with Crippen LogP contribution in [-0.2, 0) is 10.3 Å². The van der Waals surface area contributed by atoms with E-state index in [2.05, 4.69) is 20.8 Å². The lowest BCUT2D eigenvalue weighted by Crippen LogP contribution is -2.31. The molecule has 1 unspecified atom stereocenters. The van der Waals surface area contributed by atoms with Crippen LogP contribution in [0.1, 0.15) is 64.5 Å².